The monoisotopic (exact) mass is 287 g/mol. The van der Waals surface area contributed by atoms with Crippen molar-refractivity contribution in [3.8, 4) is 5.82 Å². The third kappa shape index (κ3) is 3.39. The highest BCUT2D eigenvalue weighted by Gasteiger charge is 2.14. The van der Waals surface area contributed by atoms with E-state index in [0.29, 0.717) is 0 Å². The Kier molecular flexibility index (Phi) is 4.15. The first kappa shape index (κ1) is 14.0. The van der Waals surface area contributed by atoms with Gasteiger partial charge in [-0.15, -0.1) is 0 Å². The van der Waals surface area contributed by atoms with Gasteiger partial charge in [0.2, 0.25) is 0 Å². The SMILES string of the molecule is Cc1cc(C)n(-c2cncc(NCC3CCCCO3)n2)n1. The van der Waals surface area contributed by atoms with Crippen LogP contribution in [0.2, 0.25) is 0 Å². The molecule has 6 heteroatoms. The summed E-state index contributed by atoms with van der Waals surface area (Å²) in [4.78, 5) is 8.82. The van der Waals surface area contributed by atoms with Crippen LogP contribution in [0.4, 0.5) is 5.82 Å². The summed E-state index contributed by atoms with van der Waals surface area (Å²) in [5, 5.41) is 7.74. The molecule has 0 spiro atoms. The lowest BCUT2D eigenvalue weighted by Crippen LogP contribution is -2.27. The van der Waals surface area contributed by atoms with Gasteiger partial charge in [0.05, 0.1) is 24.2 Å². The van der Waals surface area contributed by atoms with Crippen LogP contribution >= 0.6 is 0 Å². The van der Waals surface area contributed by atoms with Crippen molar-refractivity contribution in [1.29, 1.82) is 0 Å². The Morgan fingerprint density at radius 1 is 1.33 bits per heavy atom. The number of nitrogens with one attached hydrogen (secondary N) is 1. The molecule has 0 amide bonds. The first-order valence-electron chi connectivity index (χ1n) is 7.43. The van der Waals surface area contributed by atoms with Gasteiger partial charge >= 0.3 is 0 Å². The van der Waals surface area contributed by atoms with Crippen molar-refractivity contribution in [1.82, 2.24) is 19.7 Å². The van der Waals surface area contributed by atoms with Crippen molar-refractivity contribution < 1.29 is 4.74 Å². The molecule has 1 unspecified atom stereocenters. The Morgan fingerprint density at radius 2 is 2.24 bits per heavy atom. The molecule has 0 aliphatic carbocycles. The summed E-state index contributed by atoms with van der Waals surface area (Å²) in [5.74, 6) is 1.49. The molecule has 1 fully saturated rings. The second-order valence-corrected chi connectivity index (χ2v) is 5.47. The fourth-order valence-electron chi connectivity index (χ4n) is 2.59. The van der Waals surface area contributed by atoms with Crippen molar-refractivity contribution in [2.45, 2.75) is 39.2 Å². The zero-order chi connectivity index (χ0) is 14.7. The van der Waals surface area contributed by atoms with Crippen molar-refractivity contribution in [2.75, 3.05) is 18.5 Å². The average molecular weight is 287 g/mol. The maximum absolute atomic E-state index is 5.71. The van der Waals surface area contributed by atoms with E-state index in [2.05, 4.69) is 20.4 Å². The molecular weight excluding hydrogens is 266 g/mol. The molecule has 1 saturated heterocycles. The molecule has 21 heavy (non-hydrogen) atoms. The Balaban J connectivity index is 1.69. The van der Waals surface area contributed by atoms with E-state index >= 15 is 0 Å². The van der Waals surface area contributed by atoms with Gasteiger partial charge < -0.3 is 10.1 Å². The first-order chi connectivity index (χ1) is 10.2. The van der Waals surface area contributed by atoms with Crippen molar-refractivity contribution in [3.63, 3.8) is 0 Å². The van der Waals surface area contributed by atoms with Gasteiger partial charge in [0.25, 0.3) is 0 Å². The quantitative estimate of drug-likeness (QED) is 0.934. The van der Waals surface area contributed by atoms with Crippen LogP contribution in [0, 0.1) is 13.8 Å². The summed E-state index contributed by atoms with van der Waals surface area (Å²) >= 11 is 0. The van der Waals surface area contributed by atoms with Crippen LogP contribution in [0.15, 0.2) is 18.5 Å². The zero-order valence-corrected chi connectivity index (χ0v) is 12.5. The maximum Gasteiger partial charge on any atom is 0.174 e. The molecule has 0 radical (unpaired) electrons. The number of aryl methyl sites for hydroxylation is 2. The van der Waals surface area contributed by atoms with E-state index in [1.807, 2.05) is 24.6 Å². The molecule has 1 atom stereocenters. The molecule has 0 aromatic carbocycles. The van der Waals surface area contributed by atoms with E-state index in [1.165, 1.54) is 12.8 Å². The molecule has 2 aromatic heterocycles. The number of hydrogen-bond acceptors (Lipinski definition) is 5. The van der Waals surface area contributed by atoms with Crippen molar-refractivity contribution >= 4 is 5.82 Å². The van der Waals surface area contributed by atoms with Gasteiger partial charge in [0.1, 0.15) is 5.82 Å². The molecular formula is C15H21N5O. The van der Waals surface area contributed by atoms with Crippen LogP contribution in [0.25, 0.3) is 5.82 Å². The highest BCUT2D eigenvalue weighted by Crippen LogP contribution is 2.14. The number of hydrogen-bond donors (Lipinski definition) is 1. The second kappa shape index (κ2) is 6.22. The largest absolute Gasteiger partial charge is 0.376 e. The number of rotatable bonds is 4. The Labute approximate surface area is 124 Å². The standard InChI is InChI=1S/C15H21N5O/c1-11-7-12(2)20(19-11)15-10-16-9-14(18-15)17-8-13-5-3-4-6-21-13/h7,9-10,13H,3-6,8H2,1-2H3,(H,17,18). The van der Waals surface area contributed by atoms with Gasteiger partial charge in [-0.3, -0.25) is 4.98 Å². The Bertz CT molecular complexity index is 604. The molecule has 2 aromatic rings. The number of nitrogens with zero attached hydrogens (tertiary/aromatic N) is 4. The Morgan fingerprint density at radius 3 is 2.95 bits per heavy atom. The van der Waals surface area contributed by atoms with E-state index in [1.54, 1.807) is 12.4 Å². The molecule has 1 aliphatic rings. The summed E-state index contributed by atoms with van der Waals surface area (Å²) in [6.07, 6.45) is 7.25. The molecule has 112 valence electrons. The van der Waals surface area contributed by atoms with Gasteiger partial charge in [-0.2, -0.15) is 5.10 Å². The zero-order valence-electron chi connectivity index (χ0n) is 12.5. The topological polar surface area (TPSA) is 64.9 Å². The summed E-state index contributed by atoms with van der Waals surface area (Å²) in [7, 11) is 0. The van der Waals surface area contributed by atoms with Crippen molar-refractivity contribution in [2.24, 2.45) is 0 Å². The Hall–Kier alpha value is -1.95. The summed E-state index contributed by atoms with van der Waals surface area (Å²) < 4.78 is 7.52. The lowest BCUT2D eigenvalue weighted by atomic mass is 10.1. The maximum atomic E-state index is 5.71. The highest BCUT2D eigenvalue weighted by molar-refractivity contribution is 5.36. The summed E-state index contributed by atoms with van der Waals surface area (Å²) in [6, 6.07) is 2.03. The van der Waals surface area contributed by atoms with E-state index in [0.717, 1.165) is 42.6 Å². The molecule has 1 N–H and O–H groups in total. The smallest absolute Gasteiger partial charge is 0.174 e. The normalized spacial score (nSPS) is 18.7. The third-order valence-electron chi connectivity index (χ3n) is 3.63. The lowest BCUT2D eigenvalue weighted by molar-refractivity contribution is 0.0247. The van der Waals surface area contributed by atoms with Crippen LogP contribution in [-0.4, -0.2) is 39.0 Å². The molecule has 1 aliphatic heterocycles. The number of anilines is 1. The van der Waals surface area contributed by atoms with Gasteiger partial charge in [-0.1, -0.05) is 0 Å². The van der Waals surface area contributed by atoms with Gasteiger partial charge in [0.15, 0.2) is 5.82 Å². The average Bonchev–Trinajstić information content (AvgIpc) is 2.85. The van der Waals surface area contributed by atoms with Crippen LogP contribution in [-0.2, 0) is 4.74 Å². The van der Waals surface area contributed by atoms with Gasteiger partial charge in [-0.05, 0) is 39.2 Å². The van der Waals surface area contributed by atoms with Crippen LogP contribution in [0.1, 0.15) is 30.7 Å². The fourth-order valence-corrected chi connectivity index (χ4v) is 2.59. The minimum Gasteiger partial charge on any atom is -0.376 e. The molecule has 6 nitrogen and oxygen atoms in total. The van der Waals surface area contributed by atoms with Crippen molar-refractivity contribution in [3.05, 3.63) is 29.8 Å². The van der Waals surface area contributed by atoms with E-state index in [-0.39, 0.29) is 6.10 Å². The predicted octanol–water partition coefficient (Wildman–Crippen LogP) is 2.26. The number of ether oxygens (including phenoxy) is 1. The highest BCUT2D eigenvalue weighted by atomic mass is 16.5. The molecule has 3 rings (SSSR count). The van der Waals surface area contributed by atoms with Crippen LogP contribution < -0.4 is 5.32 Å². The fraction of sp³-hybridized carbons (Fsp3) is 0.533. The second-order valence-electron chi connectivity index (χ2n) is 5.47. The van der Waals surface area contributed by atoms with E-state index < -0.39 is 0 Å². The molecule has 3 heterocycles. The van der Waals surface area contributed by atoms with Crippen LogP contribution in [0.3, 0.4) is 0 Å². The van der Waals surface area contributed by atoms with E-state index in [9.17, 15) is 0 Å². The summed E-state index contributed by atoms with van der Waals surface area (Å²) in [5.41, 5.74) is 2.03. The summed E-state index contributed by atoms with van der Waals surface area (Å²) in [6.45, 7) is 5.62. The van der Waals surface area contributed by atoms with Gasteiger partial charge in [-0.25, -0.2) is 9.67 Å². The molecule has 0 bridgehead atoms. The van der Waals surface area contributed by atoms with E-state index in [4.69, 9.17) is 4.74 Å². The third-order valence-corrected chi connectivity index (χ3v) is 3.63. The molecule has 0 saturated carbocycles. The minimum absolute atomic E-state index is 0.276. The predicted molar refractivity (Wildman–Crippen MR) is 80.7 cm³/mol. The van der Waals surface area contributed by atoms with Crippen LogP contribution in [0.5, 0.6) is 0 Å². The minimum atomic E-state index is 0.276. The number of aromatic nitrogens is 4. The lowest BCUT2D eigenvalue weighted by Gasteiger charge is -2.22. The first-order valence-corrected chi connectivity index (χ1v) is 7.43. The van der Waals surface area contributed by atoms with Gasteiger partial charge in [0, 0.05) is 18.8 Å².